The van der Waals surface area contributed by atoms with Crippen LogP contribution in [0.5, 0.6) is 11.5 Å². The van der Waals surface area contributed by atoms with Crippen molar-refractivity contribution in [3.05, 3.63) is 82.5 Å². The first-order valence-corrected chi connectivity index (χ1v) is 14.4. The molecule has 0 saturated carbocycles. The average Bonchev–Trinajstić information content (AvgIpc) is 3.66. The van der Waals surface area contributed by atoms with Crippen molar-refractivity contribution in [3.8, 4) is 22.6 Å². The van der Waals surface area contributed by atoms with Crippen LogP contribution in [0.2, 0.25) is 0 Å². The van der Waals surface area contributed by atoms with Crippen LogP contribution in [-0.4, -0.2) is 63.6 Å². The van der Waals surface area contributed by atoms with Gasteiger partial charge in [-0.3, -0.25) is 19.0 Å². The van der Waals surface area contributed by atoms with Crippen molar-refractivity contribution in [2.24, 2.45) is 7.05 Å². The molecule has 12 nitrogen and oxygen atoms in total. The quantitative estimate of drug-likeness (QED) is 0.225. The van der Waals surface area contributed by atoms with Crippen LogP contribution in [0.1, 0.15) is 11.4 Å². The number of benzene rings is 3. The van der Waals surface area contributed by atoms with Crippen LogP contribution in [0.25, 0.3) is 22.2 Å². The Morgan fingerprint density at radius 2 is 1.91 bits per heavy atom. The molecule has 0 aliphatic carbocycles. The molecule has 0 unspecified atom stereocenters. The summed E-state index contributed by atoms with van der Waals surface area (Å²) in [5.41, 5.74) is -0.737. The minimum Gasteiger partial charge on any atom is -0.493 e. The zero-order valence-electron chi connectivity index (χ0n) is 25.2. The lowest BCUT2D eigenvalue weighted by molar-refractivity contribution is -0.137. The number of alkyl halides is 3. The van der Waals surface area contributed by atoms with Gasteiger partial charge in [-0.1, -0.05) is 6.07 Å². The van der Waals surface area contributed by atoms with E-state index in [1.165, 1.54) is 26.6 Å². The number of rotatable bonds is 9. The van der Waals surface area contributed by atoms with Crippen LogP contribution < -0.4 is 25.4 Å². The van der Waals surface area contributed by atoms with Crippen molar-refractivity contribution in [1.82, 2.24) is 24.3 Å². The zero-order valence-corrected chi connectivity index (χ0v) is 25.2. The van der Waals surface area contributed by atoms with Crippen LogP contribution >= 0.6 is 0 Å². The van der Waals surface area contributed by atoms with Crippen LogP contribution in [0.15, 0.2) is 59.7 Å². The van der Waals surface area contributed by atoms with Gasteiger partial charge in [0.25, 0.3) is 0 Å². The predicted octanol–water partition coefficient (Wildman–Crippen LogP) is 4.35. The van der Waals surface area contributed by atoms with E-state index in [1.807, 2.05) is 6.07 Å². The highest BCUT2D eigenvalue weighted by Gasteiger charge is 2.33. The highest BCUT2D eigenvalue weighted by atomic mass is 19.4. The second-order valence-corrected chi connectivity index (χ2v) is 10.7. The summed E-state index contributed by atoms with van der Waals surface area (Å²) in [6.45, 7) is 1.75. The van der Waals surface area contributed by atoms with Crippen molar-refractivity contribution >= 4 is 28.3 Å². The Balaban J connectivity index is 1.37. The number of aromatic nitrogens is 5. The van der Waals surface area contributed by atoms with Crippen molar-refractivity contribution in [2.75, 3.05) is 43.6 Å². The lowest BCUT2D eigenvalue weighted by atomic mass is 9.99. The molecule has 0 radical (unpaired) electrons. The van der Waals surface area contributed by atoms with E-state index in [1.54, 1.807) is 18.2 Å². The third kappa shape index (κ3) is 6.49. The fraction of sp³-hybridized carbons (Fsp3) is 0.290. The summed E-state index contributed by atoms with van der Waals surface area (Å²) in [5, 5.41) is 9.00. The monoisotopic (exact) mass is 655 g/mol. The molecule has 3 aromatic carbocycles. The Kier molecular flexibility index (Phi) is 8.60. The first-order chi connectivity index (χ1) is 22.5. The molecule has 47 heavy (non-hydrogen) atoms. The van der Waals surface area contributed by atoms with Crippen LogP contribution in [0, 0.1) is 5.82 Å². The fourth-order valence-corrected chi connectivity index (χ4v) is 5.50. The lowest BCUT2D eigenvalue weighted by Gasteiger charge is -2.29. The average molecular weight is 656 g/mol. The molecule has 0 atom stereocenters. The van der Waals surface area contributed by atoms with Gasteiger partial charge in [-0.05, 0) is 48.0 Å². The molecule has 2 N–H and O–H groups in total. The number of morpholine rings is 1. The first-order valence-electron chi connectivity index (χ1n) is 14.4. The van der Waals surface area contributed by atoms with Crippen molar-refractivity contribution in [2.45, 2.75) is 19.3 Å². The normalized spacial score (nSPS) is 13.6. The van der Waals surface area contributed by atoms with E-state index in [0.29, 0.717) is 37.8 Å². The second-order valence-electron chi connectivity index (χ2n) is 10.7. The second kappa shape index (κ2) is 12.8. The number of amides is 1. The molecule has 246 valence electrons. The molecule has 1 aliphatic heterocycles. The molecular weight excluding hydrogens is 626 g/mol. The van der Waals surface area contributed by atoms with Crippen molar-refractivity contribution < 1.29 is 36.6 Å². The van der Waals surface area contributed by atoms with Crippen LogP contribution in [0.4, 0.5) is 28.9 Å². The smallest absolute Gasteiger partial charge is 0.416 e. The molecular formula is C31H29F4N7O5. The number of H-pyrrole nitrogens is 1. The Morgan fingerprint density at radius 1 is 1.13 bits per heavy atom. The molecule has 3 heterocycles. The lowest BCUT2D eigenvalue weighted by Crippen LogP contribution is -2.36. The maximum absolute atomic E-state index is 15.4. The number of nitrogens with one attached hydrogen (secondary N) is 2. The van der Waals surface area contributed by atoms with Gasteiger partial charge >= 0.3 is 11.9 Å². The molecule has 0 spiro atoms. The number of hydrogen-bond acceptors (Lipinski definition) is 8. The molecule has 0 bridgehead atoms. The van der Waals surface area contributed by atoms with Crippen LogP contribution in [0.3, 0.4) is 0 Å². The number of carbonyl (C=O) groups excluding carboxylic acids is 1. The topological polar surface area (TPSA) is 129 Å². The van der Waals surface area contributed by atoms with Gasteiger partial charge in [-0.25, -0.2) is 14.2 Å². The number of fused-ring (bicyclic) bond motifs is 1. The number of methoxy groups -OCH3 is 1. The summed E-state index contributed by atoms with van der Waals surface area (Å²) in [7, 11) is 2.62. The summed E-state index contributed by atoms with van der Waals surface area (Å²) < 4.78 is 76.3. The molecule has 1 amide bonds. The van der Waals surface area contributed by atoms with E-state index >= 15 is 4.39 Å². The van der Waals surface area contributed by atoms with E-state index in [4.69, 9.17) is 14.2 Å². The van der Waals surface area contributed by atoms with Crippen molar-refractivity contribution in [1.29, 1.82) is 0 Å². The van der Waals surface area contributed by atoms with E-state index in [0.717, 1.165) is 33.0 Å². The van der Waals surface area contributed by atoms with Crippen molar-refractivity contribution in [3.63, 3.8) is 0 Å². The van der Waals surface area contributed by atoms with E-state index in [9.17, 15) is 22.8 Å². The number of anilines is 2. The van der Waals surface area contributed by atoms with E-state index in [2.05, 4.69) is 25.4 Å². The first kappa shape index (κ1) is 31.6. The van der Waals surface area contributed by atoms with Gasteiger partial charge in [-0.15, -0.1) is 0 Å². The predicted molar refractivity (Wildman–Crippen MR) is 163 cm³/mol. The molecule has 1 aliphatic rings. The molecule has 6 rings (SSSR count). The van der Waals surface area contributed by atoms with Gasteiger partial charge in [0.1, 0.15) is 19.5 Å². The van der Waals surface area contributed by atoms with E-state index < -0.39 is 35.7 Å². The van der Waals surface area contributed by atoms with Gasteiger partial charge in [0.15, 0.2) is 23.1 Å². The molecule has 2 aromatic heterocycles. The number of imidazole rings is 1. The maximum Gasteiger partial charge on any atom is 0.416 e. The third-order valence-electron chi connectivity index (χ3n) is 7.73. The summed E-state index contributed by atoms with van der Waals surface area (Å²) >= 11 is 0. The Morgan fingerprint density at radius 3 is 2.62 bits per heavy atom. The Hall–Kier alpha value is -5.38. The standard InChI is InChI=1S/C31H29F4N7O5/c1-40-28-22(18-10-23(32)29(25(11-18)45-2)47-16-26-36-17-37-39-26)12-19(31(33,34)35)13-24(28)42(30(40)44)15-27(43)38-20-4-3-5-21(14-20)41-6-8-46-9-7-41/h3-5,10-14,17H,6-9,15-16H2,1-2H3,(H,38,43)(H,36,37,39). The number of aromatic amines is 1. The van der Waals surface area contributed by atoms with Gasteiger partial charge < -0.3 is 24.4 Å². The number of halogens is 4. The number of aryl methyl sites for hydroxylation is 1. The Labute approximate surface area is 264 Å². The summed E-state index contributed by atoms with van der Waals surface area (Å²) in [4.78, 5) is 32.6. The molecule has 1 fully saturated rings. The fourth-order valence-electron chi connectivity index (χ4n) is 5.50. The number of carbonyl (C=O) groups is 1. The molecule has 16 heteroatoms. The zero-order chi connectivity index (χ0) is 33.3. The minimum absolute atomic E-state index is 0.0143. The molecule has 5 aromatic rings. The number of nitrogens with zero attached hydrogens (tertiary/aromatic N) is 5. The summed E-state index contributed by atoms with van der Waals surface area (Å²) in [6.07, 6.45) is -3.58. The summed E-state index contributed by atoms with van der Waals surface area (Å²) in [6, 6.07) is 11.0. The van der Waals surface area contributed by atoms with Crippen LogP contribution in [-0.2, 0) is 35.9 Å². The number of hydrogen-bond donors (Lipinski definition) is 2. The minimum atomic E-state index is -4.83. The summed E-state index contributed by atoms with van der Waals surface area (Å²) in [5.74, 6) is -1.64. The number of ether oxygens (including phenoxy) is 3. The highest BCUT2D eigenvalue weighted by Crippen LogP contribution is 2.41. The maximum atomic E-state index is 15.4. The third-order valence-corrected chi connectivity index (χ3v) is 7.73. The van der Waals surface area contributed by atoms with Gasteiger partial charge in [0.2, 0.25) is 5.91 Å². The highest BCUT2D eigenvalue weighted by molar-refractivity contribution is 5.96. The molecule has 1 saturated heterocycles. The Bertz CT molecular complexity index is 1980. The van der Waals surface area contributed by atoms with Gasteiger partial charge in [0.05, 0.1) is 36.9 Å². The van der Waals surface area contributed by atoms with Gasteiger partial charge in [0, 0.05) is 37.1 Å². The SMILES string of the molecule is COc1cc(-c2cc(C(F)(F)F)cc3c2n(C)c(=O)n3CC(=O)Nc2cccc(N3CCOCC3)c2)cc(F)c1OCc1ncn[nH]1. The van der Waals surface area contributed by atoms with E-state index in [-0.39, 0.29) is 40.3 Å². The van der Waals surface area contributed by atoms with Gasteiger partial charge in [-0.2, -0.15) is 18.3 Å². The largest absolute Gasteiger partial charge is 0.493 e.